The number of aromatic amines is 2. The summed E-state index contributed by atoms with van der Waals surface area (Å²) in [6.45, 7) is 8.42. The summed E-state index contributed by atoms with van der Waals surface area (Å²) in [7, 11) is 0. The molecule has 0 radical (unpaired) electrons. The molecular weight excluding hydrogens is 280 g/mol. The molecule has 0 amide bonds. The first-order chi connectivity index (χ1) is 10.4. The van der Waals surface area contributed by atoms with Crippen LogP contribution in [0.2, 0.25) is 0 Å². The Morgan fingerprint density at radius 3 is 2.41 bits per heavy atom. The molecule has 0 aromatic carbocycles. The number of aromatic nitrogens is 4. The van der Waals surface area contributed by atoms with Crippen LogP contribution in [0.5, 0.6) is 0 Å². The number of nitrogens with zero attached hydrogens (tertiary/aromatic N) is 2. The number of H-pyrrole nitrogens is 2. The van der Waals surface area contributed by atoms with Gasteiger partial charge in [-0.3, -0.25) is 9.78 Å². The van der Waals surface area contributed by atoms with Crippen LogP contribution in [0.3, 0.4) is 0 Å². The van der Waals surface area contributed by atoms with Crippen molar-refractivity contribution in [1.82, 2.24) is 20.2 Å². The van der Waals surface area contributed by atoms with Gasteiger partial charge in [-0.1, -0.05) is 20.8 Å². The molecule has 2 aromatic heterocycles. The lowest BCUT2D eigenvalue weighted by Gasteiger charge is -2.04. The average molecular weight is 306 g/mol. The third-order valence-electron chi connectivity index (χ3n) is 3.13. The van der Waals surface area contributed by atoms with Gasteiger partial charge >= 0.3 is 5.69 Å². The van der Waals surface area contributed by atoms with Crippen LogP contribution in [0, 0.1) is 12.8 Å². The van der Waals surface area contributed by atoms with Gasteiger partial charge in [0.15, 0.2) is 0 Å². The molecule has 0 spiro atoms. The summed E-state index contributed by atoms with van der Waals surface area (Å²) >= 11 is 0. The largest absolute Gasteiger partial charge is 0.325 e. The molecule has 2 N–H and O–H groups in total. The lowest BCUT2D eigenvalue weighted by atomic mass is 10.1. The van der Waals surface area contributed by atoms with Crippen molar-refractivity contribution >= 4 is 0 Å². The van der Waals surface area contributed by atoms with Crippen molar-refractivity contribution in [3.05, 3.63) is 44.4 Å². The maximum absolute atomic E-state index is 11.7. The second-order valence-electron chi connectivity index (χ2n) is 6.26. The Bertz CT molecular complexity index is 764. The SMILES string of the molecule is CC(C)C.Cc1nnc(-c2c[nH]c(=O)[nH]c2=O)cc1C1CC1.[HH].[HH]. The van der Waals surface area contributed by atoms with Crippen molar-refractivity contribution in [2.75, 3.05) is 0 Å². The fourth-order valence-electron chi connectivity index (χ4n) is 2.01. The molecular formula is C16H26N4O2. The van der Waals surface area contributed by atoms with E-state index in [1.54, 1.807) is 0 Å². The highest BCUT2D eigenvalue weighted by Gasteiger charge is 2.26. The van der Waals surface area contributed by atoms with Crippen LogP contribution < -0.4 is 11.2 Å². The predicted molar refractivity (Wildman–Crippen MR) is 90.2 cm³/mol. The van der Waals surface area contributed by atoms with E-state index in [1.165, 1.54) is 6.20 Å². The first-order valence-electron chi connectivity index (χ1n) is 7.55. The normalized spacial score (nSPS) is 13.7. The van der Waals surface area contributed by atoms with Crippen LogP contribution in [0.1, 0.15) is 53.6 Å². The molecule has 1 saturated carbocycles. The maximum atomic E-state index is 11.7. The quantitative estimate of drug-likeness (QED) is 0.892. The van der Waals surface area contributed by atoms with Gasteiger partial charge in [0.2, 0.25) is 0 Å². The topological polar surface area (TPSA) is 91.5 Å². The van der Waals surface area contributed by atoms with E-state index in [9.17, 15) is 9.59 Å². The number of hydrogen-bond acceptors (Lipinski definition) is 4. The number of aryl methyl sites for hydroxylation is 1. The third kappa shape index (κ3) is 4.13. The standard InChI is InChI=1S/C12H12N4O2.C4H10.2H2/c1-6-8(7-2-3-7)4-10(16-15-6)9-5-13-12(18)14-11(9)17;1-4(2)3;;/h4-5,7H,2-3H2,1H3,(H2,13,14,17,18);4H,1-3H3;2*1H. The molecule has 6 heteroatoms. The summed E-state index contributed by atoms with van der Waals surface area (Å²) in [6, 6.07) is 1.89. The molecule has 1 aliphatic rings. The minimum atomic E-state index is -0.522. The fraction of sp³-hybridized carbons (Fsp3) is 0.500. The van der Waals surface area contributed by atoms with Gasteiger partial charge in [0.05, 0.1) is 11.3 Å². The Labute approximate surface area is 132 Å². The van der Waals surface area contributed by atoms with Crippen molar-refractivity contribution in [2.45, 2.75) is 46.5 Å². The first kappa shape index (κ1) is 16.1. The zero-order chi connectivity index (χ0) is 16.3. The summed E-state index contributed by atoms with van der Waals surface area (Å²) in [5.74, 6) is 1.38. The molecule has 3 rings (SSSR count). The van der Waals surface area contributed by atoms with E-state index in [4.69, 9.17) is 0 Å². The minimum Gasteiger partial charge on any atom is -0.313 e. The second-order valence-corrected chi connectivity index (χ2v) is 6.26. The number of hydrogen-bond donors (Lipinski definition) is 2. The van der Waals surface area contributed by atoms with Gasteiger partial charge in [0, 0.05) is 9.05 Å². The Morgan fingerprint density at radius 1 is 1.23 bits per heavy atom. The van der Waals surface area contributed by atoms with E-state index < -0.39 is 11.2 Å². The smallest absolute Gasteiger partial charge is 0.313 e. The summed E-state index contributed by atoms with van der Waals surface area (Å²) in [4.78, 5) is 27.3. The molecule has 0 saturated heterocycles. The van der Waals surface area contributed by atoms with E-state index in [2.05, 4.69) is 40.9 Å². The highest BCUT2D eigenvalue weighted by Crippen LogP contribution is 2.41. The van der Waals surface area contributed by atoms with Crippen LogP contribution in [0.25, 0.3) is 11.3 Å². The van der Waals surface area contributed by atoms with Gasteiger partial charge in [0.1, 0.15) is 5.69 Å². The number of nitrogens with one attached hydrogen (secondary N) is 2. The lowest BCUT2D eigenvalue weighted by Crippen LogP contribution is -2.23. The minimum absolute atomic E-state index is 0. The predicted octanol–water partition coefficient (Wildman–Crippen LogP) is 2.86. The van der Waals surface area contributed by atoms with Crippen molar-refractivity contribution in [2.24, 2.45) is 5.92 Å². The van der Waals surface area contributed by atoms with E-state index in [0.717, 1.165) is 30.0 Å². The van der Waals surface area contributed by atoms with Crippen LogP contribution in [-0.2, 0) is 0 Å². The molecule has 0 aliphatic heterocycles. The summed E-state index contributed by atoms with van der Waals surface area (Å²) in [5.41, 5.74) is 1.92. The molecule has 0 atom stereocenters. The molecule has 1 fully saturated rings. The molecule has 0 unspecified atom stereocenters. The maximum Gasteiger partial charge on any atom is 0.325 e. The van der Waals surface area contributed by atoms with Crippen LogP contribution in [0.4, 0.5) is 0 Å². The summed E-state index contributed by atoms with van der Waals surface area (Å²) in [6.07, 6.45) is 3.69. The van der Waals surface area contributed by atoms with E-state index in [1.807, 2.05) is 13.0 Å². The Morgan fingerprint density at radius 2 is 1.86 bits per heavy atom. The van der Waals surface area contributed by atoms with Crippen molar-refractivity contribution < 1.29 is 2.85 Å². The van der Waals surface area contributed by atoms with Gasteiger partial charge in [-0.05, 0) is 43.2 Å². The Hall–Kier alpha value is -2.24. The van der Waals surface area contributed by atoms with Crippen molar-refractivity contribution in [3.63, 3.8) is 0 Å². The average Bonchev–Trinajstić information content (AvgIpc) is 3.23. The summed E-state index contributed by atoms with van der Waals surface area (Å²) in [5, 5.41) is 8.10. The molecule has 6 nitrogen and oxygen atoms in total. The van der Waals surface area contributed by atoms with Gasteiger partial charge in [-0.15, -0.1) is 5.10 Å². The van der Waals surface area contributed by atoms with Crippen molar-refractivity contribution in [1.29, 1.82) is 0 Å². The van der Waals surface area contributed by atoms with E-state index >= 15 is 0 Å². The van der Waals surface area contributed by atoms with E-state index in [-0.39, 0.29) is 2.85 Å². The van der Waals surface area contributed by atoms with Gasteiger partial charge in [-0.2, -0.15) is 5.10 Å². The first-order valence-corrected chi connectivity index (χ1v) is 7.55. The van der Waals surface area contributed by atoms with E-state index in [0.29, 0.717) is 17.2 Å². The summed E-state index contributed by atoms with van der Waals surface area (Å²) < 4.78 is 0. The fourth-order valence-corrected chi connectivity index (χ4v) is 2.01. The molecule has 122 valence electrons. The Balaban J connectivity index is 0.000000801. The highest BCUT2D eigenvalue weighted by atomic mass is 16.2. The Kier molecular flexibility index (Phi) is 4.90. The van der Waals surface area contributed by atoms with Gasteiger partial charge in [-0.25, -0.2) is 4.79 Å². The molecule has 1 aliphatic carbocycles. The zero-order valence-corrected chi connectivity index (χ0v) is 13.4. The zero-order valence-electron chi connectivity index (χ0n) is 13.4. The molecule has 2 heterocycles. The van der Waals surface area contributed by atoms with Gasteiger partial charge in [0.25, 0.3) is 5.56 Å². The monoisotopic (exact) mass is 306 g/mol. The molecule has 2 aromatic rings. The molecule has 22 heavy (non-hydrogen) atoms. The van der Waals surface area contributed by atoms with Crippen molar-refractivity contribution in [3.8, 4) is 11.3 Å². The van der Waals surface area contributed by atoms with Crippen LogP contribution in [-0.4, -0.2) is 20.2 Å². The van der Waals surface area contributed by atoms with Crippen LogP contribution >= 0.6 is 0 Å². The van der Waals surface area contributed by atoms with Crippen LogP contribution in [0.15, 0.2) is 21.9 Å². The highest BCUT2D eigenvalue weighted by molar-refractivity contribution is 5.57. The molecule has 0 bridgehead atoms. The number of rotatable bonds is 2. The second kappa shape index (κ2) is 6.68. The third-order valence-corrected chi connectivity index (χ3v) is 3.13. The van der Waals surface area contributed by atoms with Gasteiger partial charge < -0.3 is 4.98 Å². The lowest BCUT2D eigenvalue weighted by molar-refractivity contribution is 0.737.